The third-order valence-electron chi connectivity index (χ3n) is 4.35. The van der Waals surface area contributed by atoms with Crippen LogP contribution in [-0.2, 0) is 9.59 Å². The predicted octanol–water partition coefficient (Wildman–Crippen LogP) is 1.32. The molecule has 2 rings (SSSR count). The lowest BCUT2D eigenvalue weighted by molar-refractivity contribution is -0.137. The lowest BCUT2D eigenvalue weighted by Crippen LogP contribution is -2.48. The highest BCUT2D eigenvalue weighted by Crippen LogP contribution is 2.16. The molecule has 21 heavy (non-hydrogen) atoms. The molecule has 0 saturated carbocycles. The van der Waals surface area contributed by atoms with Gasteiger partial charge in [-0.15, -0.1) is 12.4 Å². The maximum Gasteiger partial charge on any atom is 0.244 e. The predicted molar refractivity (Wildman–Crippen MR) is 85.5 cm³/mol. The van der Waals surface area contributed by atoms with Gasteiger partial charge in [0.25, 0.3) is 0 Å². The van der Waals surface area contributed by atoms with Crippen molar-refractivity contribution in [3.05, 3.63) is 0 Å². The maximum absolute atomic E-state index is 12.2. The second-order valence-corrected chi connectivity index (χ2v) is 6.07. The van der Waals surface area contributed by atoms with Gasteiger partial charge in [0.2, 0.25) is 11.8 Å². The van der Waals surface area contributed by atoms with Gasteiger partial charge in [-0.25, -0.2) is 0 Å². The van der Waals surface area contributed by atoms with E-state index in [1.807, 2.05) is 4.90 Å². The Labute approximate surface area is 133 Å². The highest BCUT2D eigenvalue weighted by Gasteiger charge is 2.24. The Morgan fingerprint density at radius 2 is 1.81 bits per heavy atom. The number of halogens is 1. The summed E-state index contributed by atoms with van der Waals surface area (Å²) >= 11 is 0. The van der Waals surface area contributed by atoms with Gasteiger partial charge in [0.1, 0.15) is 6.04 Å². The summed E-state index contributed by atoms with van der Waals surface area (Å²) in [5.74, 6) is 0.562. The standard InChI is InChI=1S/C15H27N3O2.ClH/c1-12(15(20)18-9-3-2-4-10-18)17-14(19)11-13-5-7-16-8-6-13;/h12-13,16H,2-11H2,1H3,(H,17,19);1H. The van der Waals surface area contributed by atoms with E-state index in [4.69, 9.17) is 0 Å². The first-order valence-corrected chi connectivity index (χ1v) is 7.95. The van der Waals surface area contributed by atoms with Crippen LogP contribution in [0.25, 0.3) is 0 Å². The fourth-order valence-electron chi connectivity index (χ4n) is 3.10. The highest BCUT2D eigenvalue weighted by atomic mass is 35.5. The molecular formula is C15H28ClN3O2. The van der Waals surface area contributed by atoms with Crippen LogP contribution >= 0.6 is 12.4 Å². The topological polar surface area (TPSA) is 61.4 Å². The molecule has 2 aliphatic rings. The molecule has 5 nitrogen and oxygen atoms in total. The monoisotopic (exact) mass is 317 g/mol. The molecule has 1 unspecified atom stereocenters. The van der Waals surface area contributed by atoms with Gasteiger partial charge in [-0.2, -0.15) is 0 Å². The molecule has 2 aliphatic heterocycles. The minimum absolute atomic E-state index is 0. The van der Waals surface area contributed by atoms with Crippen LogP contribution in [0.5, 0.6) is 0 Å². The number of rotatable bonds is 4. The summed E-state index contributed by atoms with van der Waals surface area (Å²) in [6, 6.07) is -0.387. The average molecular weight is 318 g/mol. The van der Waals surface area contributed by atoms with Crippen molar-refractivity contribution in [2.24, 2.45) is 5.92 Å². The third-order valence-corrected chi connectivity index (χ3v) is 4.35. The van der Waals surface area contributed by atoms with E-state index in [2.05, 4.69) is 10.6 Å². The molecule has 2 saturated heterocycles. The summed E-state index contributed by atoms with van der Waals surface area (Å²) in [5.41, 5.74) is 0. The Morgan fingerprint density at radius 1 is 1.19 bits per heavy atom. The smallest absolute Gasteiger partial charge is 0.244 e. The lowest BCUT2D eigenvalue weighted by atomic mass is 9.94. The third kappa shape index (κ3) is 5.83. The van der Waals surface area contributed by atoms with Gasteiger partial charge in [-0.3, -0.25) is 9.59 Å². The van der Waals surface area contributed by atoms with Crippen LogP contribution in [0.2, 0.25) is 0 Å². The zero-order valence-corrected chi connectivity index (χ0v) is 13.7. The SMILES string of the molecule is CC(NC(=O)CC1CCNCC1)C(=O)N1CCCCC1.Cl. The van der Waals surface area contributed by atoms with Gasteiger partial charge in [0.15, 0.2) is 0 Å². The number of carbonyl (C=O) groups is 2. The van der Waals surface area contributed by atoms with Crippen LogP contribution in [0.15, 0.2) is 0 Å². The van der Waals surface area contributed by atoms with Crippen molar-refractivity contribution < 1.29 is 9.59 Å². The summed E-state index contributed by atoms with van der Waals surface area (Å²) in [6.45, 7) is 5.48. The van der Waals surface area contributed by atoms with Gasteiger partial charge in [-0.05, 0) is 58.0 Å². The van der Waals surface area contributed by atoms with Crippen LogP contribution in [0.3, 0.4) is 0 Å². The molecule has 6 heteroatoms. The summed E-state index contributed by atoms with van der Waals surface area (Å²) in [6.07, 6.45) is 6.05. The fourth-order valence-corrected chi connectivity index (χ4v) is 3.10. The molecule has 2 fully saturated rings. The van der Waals surface area contributed by atoms with E-state index in [-0.39, 0.29) is 30.3 Å². The lowest BCUT2D eigenvalue weighted by Gasteiger charge is -2.30. The molecule has 0 aromatic rings. The Hall–Kier alpha value is -0.810. The quantitative estimate of drug-likeness (QED) is 0.822. The van der Waals surface area contributed by atoms with Gasteiger partial charge in [0.05, 0.1) is 0 Å². The molecular weight excluding hydrogens is 290 g/mol. The first-order valence-electron chi connectivity index (χ1n) is 7.95. The molecule has 122 valence electrons. The molecule has 0 radical (unpaired) electrons. The number of likely N-dealkylation sites (tertiary alicyclic amines) is 1. The summed E-state index contributed by atoms with van der Waals surface area (Å²) in [7, 11) is 0. The highest BCUT2D eigenvalue weighted by molar-refractivity contribution is 5.87. The molecule has 0 aromatic heterocycles. The molecule has 0 spiro atoms. The molecule has 0 aliphatic carbocycles. The summed E-state index contributed by atoms with van der Waals surface area (Å²) < 4.78 is 0. The number of piperidine rings is 2. The largest absolute Gasteiger partial charge is 0.345 e. The average Bonchev–Trinajstić information content (AvgIpc) is 2.48. The fraction of sp³-hybridized carbons (Fsp3) is 0.867. The molecule has 2 heterocycles. The van der Waals surface area contributed by atoms with Crippen LogP contribution in [-0.4, -0.2) is 48.9 Å². The van der Waals surface area contributed by atoms with Gasteiger partial charge in [-0.1, -0.05) is 0 Å². The van der Waals surface area contributed by atoms with Gasteiger partial charge >= 0.3 is 0 Å². The van der Waals surface area contributed by atoms with Gasteiger partial charge in [0, 0.05) is 19.5 Å². The van der Waals surface area contributed by atoms with E-state index in [0.29, 0.717) is 12.3 Å². The second kappa shape index (κ2) is 9.26. The molecule has 2 amide bonds. The number of amides is 2. The van der Waals surface area contributed by atoms with E-state index in [1.165, 1.54) is 6.42 Å². The molecule has 0 aromatic carbocycles. The second-order valence-electron chi connectivity index (χ2n) is 6.07. The zero-order chi connectivity index (χ0) is 14.4. The van der Waals surface area contributed by atoms with Crippen molar-refractivity contribution in [1.29, 1.82) is 0 Å². The van der Waals surface area contributed by atoms with Crippen molar-refractivity contribution in [3.63, 3.8) is 0 Å². The first-order chi connectivity index (χ1) is 9.66. The molecule has 0 bridgehead atoms. The Bertz CT molecular complexity index is 340. The van der Waals surface area contributed by atoms with E-state index < -0.39 is 0 Å². The number of hydrogen-bond acceptors (Lipinski definition) is 3. The first kappa shape index (κ1) is 18.2. The minimum atomic E-state index is -0.387. The van der Waals surface area contributed by atoms with Crippen molar-refractivity contribution in [2.45, 2.75) is 51.5 Å². The van der Waals surface area contributed by atoms with Gasteiger partial charge < -0.3 is 15.5 Å². The van der Waals surface area contributed by atoms with E-state index in [9.17, 15) is 9.59 Å². The van der Waals surface area contributed by atoms with E-state index in [0.717, 1.165) is 51.9 Å². The summed E-state index contributed by atoms with van der Waals surface area (Å²) in [5, 5.41) is 6.17. The number of hydrogen-bond donors (Lipinski definition) is 2. The number of nitrogens with zero attached hydrogens (tertiary/aromatic N) is 1. The molecule has 2 N–H and O–H groups in total. The van der Waals surface area contributed by atoms with Crippen LogP contribution in [0, 0.1) is 5.92 Å². The van der Waals surface area contributed by atoms with Crippen molar-refractivity contribution >= 4 is 24.2 Å². The van der Waals surface area contributed by atoms with Crippen molar-refractivity contribution in [2.75, 3.05) is 26.2 Å². The Kier molecular flexibility index (Phi) is 8.04. The van der Waals surface area contributed by atoms with Crippen molar-refractivity contribution in [1.82, 2.24) is 15.5 Å². The van der Waals surface area contributed by atoms with E-state index >= 15 is 0 Å². The van der Waals surface area contributed by atoms with E-state index in [1.54, 1.807) is 6.92 Å². The normalized spacial score (nSPS) is 21.3. The summed E-state index contributed by atoms with van der Waals surface area (Å²) in [4.78, 5) is 26.1. The van der Waals surface area contributed by atoms with Crippen LogP contribution in [0.1, 0.15) is 45.4 Å². The van der Waals surface area contributed by atoms with Crippen LogP contribution < -0.4 is 10.6 Å². The molecule has 1 atom stereocenters. The van der Waals surface area contributed by atoms with Crippen LogP contribution in [0.4, 0.5) is 0 Å². The number of nitrogens with one attached hydrogen (secondary N) is 2. The zero-order valence-electron chi connectivity index (χ0n) is 12.9. The van der Waals surface area contributed by atoms with Crippen molar-refractivity contribution in [3.8, 4) is 0 Å². The Morgan fingerprint density at radius 3 is 2.43 bits per heavy atom. The Balaban J connectivity index is 0.00000220. The minimum Gasteiger partial charge on any atom is -0.345 e. The number of carbonyl (C=O) groups excluding carboxylic acids is 2. The maximum atomic E-state index is 12.2.